The third-order valence-corrected chi connectivity index (χ3v) is 5.20. The second-order valence-electron chi connectivity index (χ2n) is 7.63. The third kappa shape index (κ3) is 4.75. The van der Waals surface area contributed by atoms with E-state index in [1.165, 1.54) is 35.0 Å². The van der Waals surface area contributed by atoms with Crippen molar-refractivity contribution in [3.05, 3.63) is 54.1 Å². The number of anilines is 1. The van der Waals surface area contributed by atoms with Gasteiger partial charge in [-0.3, -0.25) is 4.79 Å². The molecule has 164 valence electrons. The van der Waals surface area contributed by atoms with Crippen molar-refractivity contribution >= 4 is 17.4 Å². The van der Waals surface area contributed by atoms with E-state index < -0.39 is 18.1 Å². The average Bonchev–Trinajstić information content (AvgIpc) is 3.33. The Bertz CT molecular complexity index is 1060. The van der Waals surface area contributed by atoms with Crippen molar-refractivity contribution in [1.82, 2.24) is 19.9 Å². The normalized spacial score (nSPS) is 19.5. The Morgan fingerprint density at radius 1 is 1.35 bits per heavy atom. The number of benzene rings is 1. The number of fused-ring (bicyclic) bond motifs is 1. The SMILES string of the molecule is C[C@@H]1C[C@@H](O)CN1c1ccn2ncc(C(=O)NC[C@@H](O)COc3ccc(F)cc3)c2n1. The van der Waals surface area contributed by atoms with E-state index in [0.717, 1.165) is 0 Å². The molecular formula is C21H24FN5O4. The first-order valence-corrected chi connectivity index (χ1v) is 10.0. The van der Waals surface area contributed by atoms with Crippen molar-refractivity contribution in [2.45, 2.75) is 31.6 Å². The highest BCUT2D eigenvalue weighted by atomic mass is 19.1. The molecule has 0 aliphatic carbocycles. The second kappa shape index (κ2) is 8.86. The van der Waals surface area contributed by atoms with Crippen LogP contribution in [0.5, 0.6) is 5.75 Å². The summed E-state index contributed by atoms with van der Waals surface area (Å²) in [5.74, 6) is 0.293. The number of aliphatic hydroxyl groups is 2. The summed E-state index contributed by atoms with van der Waals surface area (Å²) in [5.41, 5.74) is 0.668. The van der Waals surface area contributed by atoms with E-state index in [-0.39, 0.29) is 30.6 Å². The van der Waals surface area contributed by atoms with Crippen molar-refractivity contribution in [1.29, 1.82) is 0 Å². The quantitative estimate of drug-likeness (QED) is 0.514. The van der Waals surface area contributed by atoms with Crippen LogP contribution in [-0.2, 0) is 0 Å². The molecule has 1 amide bonds. The van der Waals surface area contributed by atoms with Crippen molar-refractivity contribution in [3.63, 3.8) is 0 Å². The number of carbonyl (C=O) groups excluding carboxylic acids is 1. The van der Waals surface area contributed by atoms with E-state index in [2.05, 4.69) is 15.4 Å². The Morgan fingerprint density at radius 3 is 2.84 bits per heavy atom. The predicted octanol–water partition coefficient (Wildman–Crippen LogP) is 0.998. The number of hydrogen-bond acceptors (Lipinski definition) is 7. The molecule has 0 spiro atoms. The minimum absolute atomic E-state index is 0.0353. The molecule has 0 bridgehead atoms. The highest BCUT2D eigenvalue weighted by Crippen LogP contribution is 2.24. The lowest BCUT2D eigenvalue weighted by Crippen LogP contribution is -2.35. The van der Waals surface area contributed by atoms with Gasteiger partial charge in [-0.1, -0.05) is 0 Å². The molecular weight excluding hydrogens is 405 g/mol. The van der Waals surface area contributed by atoms with E-state index in [9.17, 15) is 19.4 Å². The Kier molecular flexibility index (Phi) is 6.01. The van der Waals surface area contributed by atoms with Gasteiger partial charge >= 0.3 is 0 Å². The van der Waals surface area contributed by atoms with Crippen molar-refractivity contribution in [2.24, 2.45) is 0 Å². The molecule has 2 aromatic heterocycles. The molecule has 10 heteroatoms. The van der Waals surface area contributed by atoms with Crippen LogP contribution in [0.3, 0.4) is 0 Å². The lowest BCUT2D eigenvalue weighted by molar-refractivity contribution is 0.0844. The second-order valence-corrected chi connectivity index (χ2v) is 7.63. The lowest BCUT2D eigenvalue weighted by atomic mass is 10.2. The Hall–Kier alpha value is -3.24. The monoisotopic (exact) mass is 429 g/mol. The molecule has 1 saturated heterocycles. The van der Waals surface area contributed by atoms with Crippen molar-refractivity contribution in [2.75, 3.05) is 24.6 Å². The molecule has 4 rings (SSSR count). The number of hydrogen-bond donors (Lipinski definition) is 3. The molecule has 3 N–H and O–H groups in total. The van der Waals surface area contributed by atoms with Crippen LogP contribution < -0.4 is 15.0 Å². The van der Waals surface area contributed by atoms with E-state index in [0.29, 0.717) is 30.2 Å². The van der Waals surface area contributed by atoms with Crippen LogP contribution in [0.2, 0.25) is 0 Å². The topological polar surface area (TPSA) is 112 Å². The van der Waals surface area contributed by atoms with Gasteiger partial charge in [-0.15, -0.1) is 0 Å². The molecule has 0 saturated carbocycles. The number of carbonyl (C=O) groups is 1. The fourth-order valence-corrected chi connectivity index (χ4v) is 3.59. The van der Waals surface area contributed by atoms with E-state index in [1.54, 1.807) is 12.3 Å². The van der Waals surface area contributed by atoms with Gasteiger partial charge in [-0.05, 0) is 43.7 Å². The summed E-state index contributed by atoms with van der Waals surface area (Å²) in [6.45, 7) is 2.41. The Morgan fingerprint density at radius 2 is 2.13 bits per heavy atom. The number of nitrogens with one attached hydrogen (secondary N) is 1. The zero-order valence-corrected chi connectivity index (χ0v) is 17.0. The van der Waals surface area contributed by atoms with Gasteiger partial charge in [0.05, 0.1) is 12.3 Å². The molecule has 0 unspecified atom stereocenters. The summed E-state index contributed by atoms with van der Waals surface area (Å²) in [4.78, 5) is 19.2. The van der Waals surface area contributed by atoms with Crippen LogP contribution in [0.1, 0.15) is 23.7 Å². The molecule has 1 fully saturated rings. The first-order chi connectivity index (χ1) is 14.9. The number of rotatable bonds is 7. The molecule has 3 atom stereocenters. The van der Waals surface area contributed by atoms with Crippen LogP contribution in [0.4, 0.5) is 10.2 Å². The van der Waals surface area contributed by atoms with Gasteiger partial charge in [0.2, 0.25) is 0 Å². The minimum Gasteiger partial charge on any atom is -0.491 e. The summed E-state index contributed by atoms with van der Waals surface area (Å²) in [6, 6.07) is 7.39. The van der Waals surface area contributed by atoms with Crippen LogP contribution >= 0.6 is 0 Å². The molecule has 1 aromatic carbocycles. The number of halogens is 1. The van der Waals surface area contributed by atoms with Gasteiger partial charge < -0.3 is 25.2 Å². The summed E-state index contributed by atoms with van der Waals surface area (Å²) >= 11 is 0. The van der Waals surface area contributed by atoms with Crippen LogP contribution in [0.15, 0.2) is 42.7 Å². The summed E-state index contributed by atoms with van der Waals surface area (Å²) in [5, 5.41) is 26.8. The first-order valence-electron chi connectivity index (χ1n) is 10.0. The summed E-state index contributed by atoms with van der Waals surface area (Å²) in [7, 11) is 0. The smallest absolute Gasteiger partial charge is 0.256 e. The predicted molar refractivity (Wildman–Crippen MR) is 111 cm³/mol. The van der Waals surface area contributed by atoms with Gasteiger partial charge in [0.1, 0.15) is 35.7 Å². The summed E-state index contributed by atoms with van der Waals surface area (Å²) in [6.07, 6.45) is 2.45. The van der Waals surface area contributed by atoms with Gasteiger partial charge in [0.15, 0.2) is 5.65 Å². The van der Waals surface area contributed by atoms with Gasteiger partial charge in [0, 0.05) is 25.3 Å². The maximum absolute atomic E-state index is 12.9. The van der Waals surface area contributed by atoms with Crippen molar-refractivity contribution < 1.29 is 24.1 Å². The lowest BCUT2D eigenvalue weighted by Gasteiger charge is -2.22. The molecule has 3 aromatic rings. The highest BCUT2D eigenvalue weighted by Gasteiger charge is 2.29. The molecule has 31 heavy (non-hydrogen) atoms. The molecule has 1 aliphatic heterocycles. The molecule has 9 nitrogen and oxygen atoms in total. The number of nitrogens with zero attached hydrogens (tertiary/aromatic N) is 4. The largest absolute Gasteiger partial charge is 0.491 e. The van der Waals surface area contributed by atoms with Gasteiger partial charge in [-0.2, -0.15) is 5.10 Å². The molecule has 0 radical (unpaired) electrons. The average molecular weight is 429 g/mol. The maximum Gasteiger partial charge on any atom is 0.256 e. The van der Waals surface area contributed by atoms with Crippen LogP contribution in [-0.4, -0.2) is 68.7 Å². The first kappa shape index (κ1) is 21.0. The molecule has 3 heterocycles. The van der Waals surface area contributed by atoms with Gasteiger partial charge in [0.25, 0.3) is 5.91 Å². The molecule has 1 aliphatic rings. The van der Waals surface area contributed by atoms with E-state index in [4.69, 9.17) is 4.74 Å². The number of ether oxygens (including phenoxy) is 1. The summed E-state index contributed by atoms with van der Waals surface area (Å²) < 4.78 is 19.8. The number of amides is 1. The number of aromatic nitrogens is 3. The zero-order chi connectivity index (χ0) is 22.0. The van der Waals surface area contributed by atoms with Crippen LogP contribution in [0, 0.1) is 5.82 Å². The Labute approximate surface area is 178 Å². The van der Waals surface area contributed by atoms with Crippen molar-refractivity contribution in [3.8, 4) is 5.75 Å². The Balaban J connectivity index is 1.38. The third-order valence-electron chi connectivity index (χ3n) is 5.20. The number of β-amino-alcohol motifs (C(OH)–C–C–N with tert-alkyl or cyclic N) is 1. The van der Waals surface area contributed by atoms with E-state index >= 15 is 0 Å². The standard InChI is InChI=1S/C21H24FN5O4/c1-13-8-15(28)11-26(13)19-6-7-27-20(25-19)18(10-24-27)21(30)23-9-16(29)12-31-17-4-2-14(22)3-5-17/h2-7,10,13,15-16,28-29H,8-9,11-12H2,1H3,(H,23,30)/t13-,15-,16-/m1/s1. The zero-order valence-electron chi connectivity index (χ0n) is 17.0. The van der Waals surface area contributed by atoms with Crippen LogP contribution in [0.25, 0.3) is 5.65 Å². The fraction of sp³-hybridized carbons (Fsp3) is 0.381. The number of aliphatic hydroxyl groups excluding tert-OH is 2. The highest BCUT2D eigenvalue weighted by molar-refractivity contribution is 5.99. The van der Waals surface area contributed by atoms with Gasteiger partial charge in [-0.25, -0.2) is 13.9 Å². The van der Waals surface area contributed by atoms with E-state index in [1.807, 2.05) is 11.8 Å². The maximum atomic E-state index is 12.9. The minimum atomic E-state index is -0.953. The fourth-order valence-electron chi connectivity index (χ4n) is 3.59.